The molecule has 0 spiro atoms. The van der Waals surface area contributed by atoms with Crippen LogP contribution in [0.15, 0.2) is 56.2 Å². The number of nitrogens with zero attached hydrogens (tertiary/aromatic N) is 4. The second-order valence-electron chi connectivity index (χ2n) is 4.98. The summed E-state index contributed by atoms with van der Waals surface area (Å²) in [6.45, 7) is 12.7. The van der Waals surface area contributed by atoms with Crippen LogP contribution in [0.5, 0.6) is 0 Å². The lowest BCUT2D eigenvalue weighted by Crippen LogP contribution is -2.25. The highest BCUT2D eigenvalue weighted by molar-refractivity contribution is 5.91. The molecule has 7 nitrogen and oxygen atoms in total. The van der Waals surface area contributed by atoms with Crippen molar-refractivity contribution in [2.24, 2.45) is 0 Å². The largest absolute Gasteiger partial charge is 0.366 e. The lowest BCUT2D eigenvalue weighted by atomic mass is 10.2. The third kappa shape index (κ3) is 3.75. The van der Waals surface area contributed by atoms with Crippen molar-refractivity contribution >= 4 is 28.4 Å². The number of benzene rings is 1. The van der Waals surface area contributed by atoms with Crippen molar-refractivity contribution < 1.29 is 4.92 Å². The van der Waals surface area contributed by atoms with Crippen molar-refractivity contribution in [3.8, 4) is 0 Å². The van der Waals surface area contributed by atoms with Gasteiger partial charge in [-0.15, -0.1) is 19.7 Å². The number of hydrogen-bond acceptors (Lipinski definition) is 6. The normalized spacial score (nSPS) is 10.2. The molecule has 2 aromatic rings. The van der Waals surface area contributed by atoms with Crippen LogP contribution in [0, 0.1) is 10.1 Å². The first-order chi connectivity index (χ1) is 11.6. The van der Waals surface area contributed by atoms with Gasteiger partial charge in [0.1, 0.15) is 5.82 Å². The molecule has 0 atom stereocenters. The van der Waals surface area contributed by atoms with Gasteiger partial charge in [-0.2, -0.15) is 4.98 Å². The lowest BCUT2D eigenvalue weighted by Gasteiger charge is -2.20. The molecule has 0 fully saturated rings. The summed E-state index contributed by atoms with van der Waals surface area (Å²) in [6, 6.07) is 4.52. The van der Waals surface area contributed by atoms with Gasteiger partial charge >= 0.3 is 0 Å². The summed E-state index contributed by atoms with van der Waals surface area (Å²) in [5.41, 5.74) is 0.616. The number of nitrogens with one attached hydrogen (secondary N) is 1. The summed E-state index contributed by atoms with van der Waals surface area (Å²) < 4.78 is 0. The molecule has 1 N–H and O–H groups in total. The molecule has 0 saturated heterocycles. The highest BCUT2D eigenvalue weighted by Crippen LogP contribution is 2.27. The zero-order valence-electron chi connectivity index (χ0n) is 13.3. The van der Waals surface area contributed by atoms with Crippen LogP contribution in [0.2, 0.25) is 0 Å². The molecule has 0 bridgehead atoms. The number of nitro groups is 1. The van der Waals surface area contributed by atoms with Gasteiger partial charge in [-0.1, -0.05) is 18.2 Å². The van der Waals surface area contributed by atoms with E-state index in [0.29, 0.717) is 42.3 Å². The Hall–Kier alpha value is -3.22. The van der Waals surface area contributed by atoms with E-state index in [9.17, 15) is 10.1 Å². The minimum atomic E-state index is -0.438. The van der Waals surface area contributed by atoms with E-state index in [-0.39, 0.29) is 5.69 Å². The van der Waals surface area contributed by atoms with Crippen molar-refractivity contribution in [3.05, 3.63) is 66.3 Å². The van der Waals surface area contributed by atoms with Crippen LogP contribution in [0.1, 0.15) is 0 Å². The Morgan fingerprint density at radius 1 is 1.17 bits per heavy atom. The first kappa shape index (κ1) is 17.1. The molecule has 0 radical (unpaired) electrons. The van der Waals surface area contributed by atoms with E-state index in [1.54, 1.807) is 24.3 Å². The van der Waals surface area contributed by atoms with Crippen molar-refractivity contribution in [2.75, 3.05) is 29.9 Å². The Bertz CT molecular complexity index is 778. The number of non-ortho nitro benzene ring substituents is 1. The molecule has 1 aromatic carbocycles. The number of anilines is 2. The first-order valence-electron chi connectivity index (χ1n) is 7.38. The monoisotopic (exact) mass is 325 g/mol. The van der Waals surface area contributed by atoms with Crippen LogP contribution < -0.4 is 10.2 Å². The molecular weight excluding hydrogens is 306 g/mol. The fourth-order valence-electron chi connectivity index (χ4n) is 2.21. The molecule has 0 aliphatic heterocycles. The Labute approximate surface area is 140 Å². The van der Waals surface area contributed by atoms with Crippen LogP contribution in [0.25, 0.3) is 10.9 Å². The second-order valence-corrected chi connectivity index (χ2v) is 4.98. The van der Waals surface area contributed by atoms with E-state index in [4.69, 9.17) is 0 Å². The number of nitro benzene ring substituents is 1. The van der Waals surface area contributed by atoms with Gasteiger partial charge in [0.25, 0.3) is 5.69 Å². The predicted octanol–water partition coefficient (Wildman–Crippen LogP) is 3.31. The molecule has 0 amide bonds. The molecule has 0 aliphatic carbocycles. The highest BCUT2D eigenvalue weighted by Gasteiger charge is 2.15. The summed E-state index contributed by atoms with van der Waals surface area (Å²) in [7, 11) is 0. The van der Waals surface area contributed by atoms with E-state index >= 15 is 0 Å². The second kappa shape index (κ2) is 7.87. The molecule has 0 aliphatic rings. The standard InChI is InChI=1S/C17H19N5O2/c1-4-9-18-16-14-12-13(22(23)24)7-8-15(14)19-17(20-16)21(10-5-2)11-6-3/h4-8,12H,1-3,9-11H2,(H,18,19,20). The van der Waals surface area contributed by atoms with E-state index in [2.05, 4.69) is 35.0 Å². The first-order valence-corrected chi connectivity index (χ1v) is 7.38. The quantitative estimate of drug-likeness (QED) is 0.432. The average molecular weight is 325 g/mol. The zero-order chi connectivity index (χ0) is 17.5. The van der Waals surface area contributed by atoms with Gasteiger partial charge in [-0.3, -0.25) is 10.1 Å². The number of hydrogen-bond donors (Lipinski definition) is 1. The van der Waals surface area contributed by atoms with Crippen LogP contribution in [0.4, 0.5) is 17.5 Å². The van der Waals surface area contributed by atoms with Gasteiger partial charge in [0.05, 0.1) is 10.4 Å². The summed E-state index contributed by atoms with van der Waals surface area (Å²) >= 11 is 0. The molecule has 2 rings (SSSR count). The maximum atomic E-state index is 11.0. The fraction of sp³-hybridized carbons (Fsp3) is 0.176. The Morgan fingerprint density at radius 3 is 2.46 bits per heavy atom. The van der Waals surface area contributed by atoms with Crippen molar-refractivity contribution in [2.45, 2.75) is 0 Å². The molecule has 0 saturated carbocycles. The minimum absolute atomic E-state index is 0.00505. The maximum absolute atomic E-state index is 11.0. The van der Waals surface area contributed by atoms with E-state index in [1.807, 2.05) is 4.90 Å². The topological polar surface area (TPSA) is 84.2 Å². The van der Waals surface area contributed by atoms with Gasteiger partial charge in [0.15, 0.2) is 0 Å². The summed E-state index contributed by atoms with van der Waals surface area (Å²) in [6.07, 6.45) is 5.20. The van der Waals surface area contributed by atoms with Gasteiger partial charge in [0, 0.05) is 37.2 Å². The maximum Gasteiger partial charge on any atom is 0.270 e. The molecule has 24 heavy (non-hydrogen) atoms. The Kier molecular flexibility index (Phi) is 5.62. The van der Waals surface area contributed by atoms with Crippen LogP contribution in [0.3, 0.4) is 0 Å². The minimum Gasteiger partial charge on any atom is -0.366 e. The number of aromatic nitrogens is 2. The molecule has 124 valence electrons. The lowest BCUT2D eigenvalue weighted by molar-refractivity contribution is -0.384. The van der Waals surface area contributed by atoms with Crippen molar-refractivity contribution in [1.29, 1.82) is 0 Å². The van der Waals surface area contributed by atoms with E-state index < -0.39 is 4.92 Å². The van der Waals surface area contributed by atoms with E-state index in [1.165, 1.54) is 12.1 Å². The SMILES string of the molecule is C=CCNc1nc(N(CC=C)CC=C)nc2ccc([N+](=O)[O-])cc12. The smallest absolute Gasteiger partial charge is 0.270 e. The molecule has 1 heterocycles. The predicted molar refractivity (Wildman–Crippen MR) is 97.5 cm³/mol. The van der Waals surface area contributed by atoms with Crippen LogP contribution >= 0.6 is 0 Å². The summed E-state index contributed by atoms with van der Waals surface area (Å²) in [5.74, 6) is 1.03. The van der Waals surface area contributed by atoms with Crippen LogP contribution in [-0.4, -0.2) is 34.5 Å². The molecule has 7 heteroatoms. The number of rotatable bonds is 9. The summed E-state index contributed by atoms with van der Waals surface area (Å²) in [4.78, 5) is 21.5. The van der Waals surface area contributed by atoms with Crippen molar-refractivity contribution in [1.82, 2.24) is 9.97 Å². The average Bonchev–Trinajstić information content (AvgIpc) is 2.58. The molecular formula is C17H19N5O2. The van der Waals surface area contributed by atoms with E-state index in [0.717, 1.165) is 0 Å². The summed E-state index contributed by atoms with van der Waals surface area (Å²) in [5, 5.41) is 14.7. The van der Waals surface area contributed by atoms with Crippen molar-refractivity contribution in [3.63, 3.8) is 0 Å². The molecule has 0 unspecified atom stereocenters. The number of fused-ring (bicyclic) bond motifs is 1. The van der Waals surface area contributed by atoms with Gasteiger partial charge < -0.3 is 10.2 Å². The zero-order valence-corrected chi connectivity index (χ0v) is 13.3. The van der Waals surface area contributed by atoms with Gasteiger partial charge in [-0.25, -0.2) is 4.98 Å². The third-order valence-electron chi connectivity index (χ3n) is 3.27. The fourth-order valence-corrected chi connectivity index (χ4v) is 2.21. The third-order valence-corrected chi connectivity index (χ3v) is 3.27. The Balaban J connectivity index is 2.60. The highest BCUT2D eigenvalue weighted by atomic mass is 16.6. The van der Waals surface area contributed by atoms with Gasteiger partial charge in [-0.05, 0) is 6.07 Å². The Morgan fingerprint density at radius 2 is 1.88 bits per heavy atom. The van der Waals surface area contributed by atoms with Gasteiger partial charge in [0.2, 0.25) is 5.95 Å². The van der Waals surface area contributed by atoms with Crippen LogP contribution in [-0.2, 0) is 0 Å². The molecule has 1 aromatic heterocycles.